The molecule has 1 amide bonds. The maximum Gasteiger partial charge on any atom is 0.419 e. The number of carbonyl (C=O) groups is 1. The van der Waals surface area contributed by atoms with Crippen molar-refractivity contribution < 1.29 is 22.4 Å². The number of alkyl halides is 3. The van der Waals surface area contributed by atoms with E-state index < -0.39 is 23.5 Å². The monoisotopic (exact) mass is 311 g/mol. The molecule has 0 bridgehead atoms. The molecule has 6 heteroatoms. The molecule has 0 atom stereocenters. The van der Waals surface area contributed by atoms with Gasteiger partial charge in [0.1, 0.15) is 5.82 Å². The van der Waals surface area contributed by atoms with Crippen LogP contribution in [0.2, 0.25) is 0 Å². The van der Waals surface area contributed by atoms with Crippen LogP contribution in [0, 0.1) is 12.7 Å². The average Bonchev–Trinajstić information content (AvgIpc) is 2.45. The van der Waals surface area contributed by atoms with Crippen LogP contribution in [-0.2, 0) is 12.7 Å². The lowest BCUT2D eigenvalue weighted by molar-refractivity contribution is -0.140. The molecular weight excluding hydrogens is 298 g/mol. The Labute approximate surface area is 124 Å². The lowest BCUT2D eigenvalue weighted by atomic mass is 10.1. The van der Waals surface area contributed by atoms with Gasteiger partial charge in [-0.3, -0.25) is 4.79 Å². The highest BCUT2D eigenvalue weighted by molar-refractivity contribution is 5.94. The van der Waals surface area contributed by atoms with Gasteiger partial charge in [-0.25, -0.2) is 4.39 Å². The average molecular weight is 311 g/mol. The first kappa shape index (κ1) is 16.0. The van der Waals surface area contributed by atoms with Gasteiger partial charge in [0.2, 0.25) is 0 Å². The minimum atomic E-state index is -4.84. The highest BCUT2D eigenvalue weighted by atomic mass is 19.4. The number of nitrogens with one attached hydrogen (secondary N) is 1. The van der Waals surface area contributed by atoms with Crippen molar-refractivity contribution in [1.29, 1.82) is 0 Å². The van der Waals surface area contributed by atoms with Crippen molar-refractivity contribution in [2.24, 2.45) is 0 Å². The van der Waals surface area contributed by atoms with Gasteiger partial charge in [0.25, 0.3) is 5.91 Å². The van der Waals surface area contributed by atoms with Gasteiger partial charge in [0.15, 0.2) is 0 Å². The molecule has 2 aromatic rings. The molecule has 0 aliphatic heterocycles. The summed E-state index contributed by atoms with van der Waals surface area (Å²) in [6.45, 7) is 2.05. The fourth-order valence-corrected chi connectivity index (χ4v) is 1.97. The second kappa shape index (κ2) is 6.17. The SMILES string of the molecule is Cc1ccccc1CNC(=O)c1ccc(F)c(C(F)(F)F)c1. The second-order valence-electron chi connectivity index (χ2n) is 4.80. The Bertz CT molecular complexity index is 695. The number of amides is 1. The van der Waals surface area contributed by atoms with Crippen LogP contribution >= 0.6 is 0 Å². The molecule has 0 unspecified atom stereocenters. The van der Waals surface area contributed by atoms with Crippen LogP contribution in [0.1, 0.15) is 27.0 Å². The van der Waals surface area contributed by atoms with Gasteiger partial charge in [-0.2, -0.15) is 13.2 Å². The lowest BCUT2D eigenvalue weighted by Crippen LogP contribution is -2.24. The topological polar surface area (TPSA) is 29.1 Å². The number of aryl methyl sites for hydroxylation is 1. The minimum absolute atomic E-state index is 0.185. The number of hydrogen-bond donors (Lipinski definition) is 1. The van der Waals surface area contributed by atoms with Crippen molar-refractivity contribution in [3.05, 3.63) is 70.5 Å². The number of rotatable bonds is 3. The smallest absolute Gasteiger partial charge is 0.348 e. The van der Waals surface area contributed by atoms with Crippen LogP contribution in [0.25, 0.3) is 0 Å². The molecule has 2 aromatic carbocycles. The van der Waals surface area contributed by atoms with E-state index in [1.807, 2.05) is 19.1 Å². The molecule has 0 fully saturated rings. The van der Waals surface area contributed by atoms with E-state index in [1.165, 1.54) is 0 Å². The van der Waals surface area contributed by atoms with Crippen LogP contribution in [0.3, 0.4) is 0 Å². The molecule has 0 saturated carbocycles. The van der Waals surface area contributed by atoms with E-state index in [1.54, 1.807) is 12.1 Å². The Morgan fingerprint density at radius 3 is 2.45 bits per heavy atom. The molecule has 2 rings (SSSR count). The summed E-state index contributed by atoms with van der Waals surface area (Å²) >= 11 is 0. The molecule has 116 valence electrons. The zero-order chi connectivity index (χ0) is 16.3. The van der Waals surface area contributed by atoms with E-state index in [0.717, 1.165) is 17.2 Å². The van der Waals surface area contributed by atoms with E-state index in [-0.39, 0.29) is 12.1 Å². The molecule has 0 heterocycles. The van der Waals surface area contributed by atoms with Gasteiger partial charge in [-0.05, 0) is 36.2 Å². The van der Waals surface area contributed by atoms with Gasteiger partial charge in [-0.1, -0.05) is 24.3 Å². The van der Waals surface area contributed by atoms with E-state index in [2.05, 4.69) is 5.32 Å². The second-order valence-corrected chi connectivity index (χ2v) is 4.80. The normalized spacial score (nSPS) is 11.3. The molecule has 22 heavy (non-hydrogen) atoms. The summed E-state index contributed by atoms with van der Waals surface area (Å²) in [6, 6.07) is 9.50. The van der Waals surface area contributed by atoms with E-state index in [0.29, 0.717) is 12.1 Å². The summed E-state index contributed by atoms with van der Waals surface area (Å²) in [4.78, 5) is 11.9. The predicted octanol–water partition coefficient (Wildman–Crippen LogP) is 4.08. The van der Waals surface area contributed by atoms with Crippen LogP contribution in [0.5, 0.6) is 0 Å². The third-order valence-electron chi connectivity index (χ3n) is 3.23. The van der Waals surface area contributed by atoms with Crippen molar-refractivity contribution in [3.8, 4) is 0 Å². The van der Waals surface area contributed by atoms with Gasteiger partial charge in [-0.15, -0.1) is 0 Å². The Morgan fingerprint density at radius 2 is 1.82 bits per heavy atom. The van der Waals surface area contributed by atoms with Crippen LogP contribution < -0.4 is 5.32 Å². The molecular formula is C16H13F4NO. The molecule has 0 spiro atoms. The van der Waals surface area contributed by atoms with Crippen molar-refractivity contribution in [2.75, 3.05) is 0 Å². The fourth-order valence-electron chi connectivity index (χ4n) is 1.97. The third-order valence-corrected chi connectivity index (χ3v) is 3.23. The summed E-state index contributed by atoms with van der Waals surface area (Å²) in [5.41, 5.74) is 0.130. The number of halogens is 4. The highest BCUT2D eigenvalue weighted by Gasteiger charge is 2.34. The molecule has 0 saturated heterocycles. The maximum atomic E-state index is 13.2. The third kappa shape index (κ3) is 3.63. The lowest BCUT2D eigenvalue weighted by Gasteiger charge is -2.11. The van der Waals surface area contributed by atoms with Crippen molar-refractivity contribution >= 4 is 5.91 Å². The fraction of sp³-hybridized carbons (Fsp3) is 0.188. The first-order valence-corrected chi connectivity index (χ1v) is 6.48. The van der Waals surface area contributed by atoms with Gasteiger partial charge >= 0.3 is 6.18 Å². The quantitative estimate of drug-likeness (QED) is 0.850. The van der Waals surface area contributed by atoms with E-state index in [9.17, 15) is 22.4 Å². The molecule has 0 radical (unpaired) electrons. The van der Waals surface area contributed by atoms with Gasteiger partial charge in [0.05, 0.1) is 5.56 Å². The summed E-state index contributed by atoms with van der Waals surface area (Å²) in [7, 11) is 0. The molecule has 0 aliphatic carbocycles. The number of hydrogen-bond acceptors (Lipinski definition) is 1. The molecule has 0 aromatic heterocycles. The zero-order valence-electron chi connectivity index (χ0n) is 11.7. The largest absolute Gasteiger partial charge is 0.419 e. The number of carbonyl (C=O) groups excluding carboxylic acids is 1. The first-order chi connectivity index (χ1) is 10.3. The Kier molecular flexibility index (Phi) is 4.49. The number of benzene rings is 2. The molecule has 0 aliphatic rings. The maximum absolute atomic E-state index is 13.2. The Balaban J connectivity index is 2.15. The van der Waals surface area contributed by atoms with Crippen molar-refractivity contribution in [1.82, 2.24) is 5.32 Å². The zero-order valence-corrected chi connectivity index (χ0v) is 11.7. The Hall–Kier alpha value is -2.37. The summed E-state index contributed by atoms with van der Waals surface area (Å²) in [5, 5.41) is 2.53. The predicted molar refractivity (Wildman–Crippen MR) is 73.8 cm³/mol. The molecule has 2 nitrogen and oxygen atoms in total. The molecule has 1 N–H and O–H groups in total. The highest BCUT2D eigenvalue weighted by Crippen LogP contribution is 2.31. The van der Waals surface area contributed by atoms with E-state index >= 15 is 0 Å². The summed E-state index contributed by atoms with van der Waals surface area (Å²) in [6.07, 6.45) is -4.84. The minimum Gasteiger partial charge on any atom is -0.348 e. The van der Waals surface area contributed by atoms with Crippen molar-refractivity contribution in [2.45, 2.75) is 19.6 Å². The van der Waals surface area contributed by atoms with Gasteiger partial charge in [0, 0.05) is 12.1 Å². The van der Waals surface area contributed by atoms with Crippen molar-refractivity contribution in [3.63, 3.8) is 0 Å². The first-order valence-electron chi connectivity index (χ1n) is 6.48. The van der Waals surface area contributed by atoms with E-state index in [4.69, 9.17) is 0 Å². The van der Waals surface area contributed by atoms with Gasteiger partial charge < -0.3 is 5.32 Å². The van der Waals surface area contributed by atoms with Crippen LogP contribution in [-0.4, -0.2) is 5.91 Å². The Morgan fingerprint density at radius 1 is 1.14 bits per heavy atom. The van der Waals surface area contributed by atoms with Crippen LogP contribution in [0.4, 0.5) is 17.6 Å². The van der Waals surface area contributed by atoms with Crippen LogP contribution in [0.15, 0.2) is 42.5 Å². The summed E-state index contributed by atoms with van der Waals surface area (Å²) < 4.78 is 51.1. The standard InChI is InChI=1S/C16H13F4NO/c1-10-4-2-3-5-12(10)9-21-15(22)11-6-7-14(17)13(8-11)16(18,19)20/h2-8H,9H2,1H3,(H,21,22). The summed E-state index contributed by atoms with van der Waals surface area (Å²) in [5.74, 6) is -2.09.